The van der Waals surface area contributed by atoms with Gasteiger partial charge in [0.05, 0.1) is 5.71 Å². The van der Waals surface area contributed by atoms with Crippen LogP contribution < -0.4 is 5.43 Å². The number of rotatable bonds is 5. The lowest BCUT2D eigenvalue weighted by Crippen LogP contribution is -2.18. The predicted octanol–water partition coefficient (Wildman–Crippen LogP) is 3.44. The number of hydrazone groups is 1. The molecular weight excluding hydrogens is 286 g/mol. The summed E-state index contributed by atoms with van der Waals surface area (Å²) in [5.41, 5.74) is 3.70. The van der Waals surface area contributed by atoms with Crippen molar-refractivity contribution in [3.63, 3.8) is 0 Å². The van der Waals surface area contributed by atoms with Gasteiger partial charge in [-0.05, 0) is 36.6 Å². The Morgan fingerprint density at radius 1 is 1.14 bits per heavy atom. The highest BCUT2D eigenvalue weighted by Gasteiger charge is 2.12. The van der Waals surface area contributed by atoms with Gasteiger partial charge >= 0.3 is 0 Å². The number of carbonyl (C=O) groups excluding carboxylic acids is 1. The molecule has 5 heteroatoms. The molecule has 1 amide bonds. The maximum Gasteiger partial charge on any atom is 0.236 e. The van der Waals surface area contributed by atoms with E-state index in [4.69, 9.17) is 0 Å². The molecule has 2 rings (SSSR count). The minimum Gasteiger partial charge on any atom is -0.274 e. The van der Waals surface area contributed by atoms with Crippen molar-refractivity contribution in [2.75, 3.05) is 0 Å². The second-order valence-electron chi connectivity index (χ2n) is 4.84. The van der Waals surface area contributed by atoms with Crippen molar-refractivity contribution in [1.82, 2.24) is 5.43 Å². The molecule has 2 aromatic carbocycles. The number of hydrogen-bond donors (Lipinski definition) is 1. The fourth-order valence-corrected chi connectivity index (χ4v) is 2.02. The van der Waals surface area contributed by atoms with Crippen molar-refractivity contribution in [2.45, 2.75) is 19.8 Å². The molecule has 0 aliphatic carbocycles. The summed E-state index contributed by atoms with van der Waals surface area (Å²) >= 11 is 0. The van der Waals surface area contributed by atoms with E-state index in [1.54, 1.807) is 0 Å². The maximum atomic E-state index is 13.9. The smallest absolute Gasteiger partial charge is 0.236 e. The van der Waals surface area contributed by atoms with Gasteiger partial charge in [0.25, 0.3) is 0 Å². The third kappa shape index (κ3) is 4.48. The van der Waals surface area contributed by atoms with Crippen LogP contribution in [0, 0.1) is 11.6 Å². The van der Waals surface area contributed by atoms with Crippen molar-refractivity contribution in [3.8, 4) is 0 Å². The van der Waals surface area contributed by atoms with Crippen molar-refractivity contribution in [3.05, 3.63) is 71.3 Å². The van der Waals surface area contributed by atoms with Crippen LogP contribution in [0.15, 0.2) is 53.6 Å². The summed E-state index contributed by atoms with van der Waals surface area (Å²) in [7, 11) is 0. The Morgan fingerprint density at radius 3 is 2.55 bits per heavy atom. The van der Waals surface area contributed by atoms with Gasteiger partial charge < -0.3 is 0 Å². The summed E-state index contributed by atoms with van der Waals surface area (Å²) in [6.07, 6.45) is 0.986. The van der Waals surface area contributed by atoms with E-state index < -0.39 is 11.6 Å². The first-order valence-electron chi connectivity index (χ1n) is 6.89. The predicted molar refractivity (Wildman–Crippen MR) is 81.5 cm³/mol. The highest BCUT2D eigenvalue weighted by atomic mass is 19.1. The lowest BCUT2D eigenvalue weighted by Gasteiger charge is -2.09. The summed E-state index contributed by atoms with van der Waals surface area (Å²) < 4.78 is 27.3. The molecule has 22 heavy (non-hydrogen) atoms. The zero-order chi connectivity index (χ0) is 15.9. The summed E-state index contributed by atoms with van der Waals surface area (Å²) in [4.78, 5) is 11.0. The van der Waals surface area contributed by atoms with Gasteiger partial charge in [0, 0.05) is 12.5 Å². The van der Waals surface area contributed by atoms with Gasteiger partial charge in [-0.15, -0.1) is 0 Å². The lowest BCUT2D eigenvalue weighted by atomic mass is 10.0. The highest BCUT2D eigenvalue weighted by molar-refractivity contribution is 6.01. The summed E-state index contributed by atoms with van der Waals surface area (Å²) in [5.74, 6) is -1.49. The van der Waals surface area contributed by atoms with Gasteiger partial charge in [0.1, 0.15) is 11.6 Å². The number of nitrogens with one attached hydrogen (secondary N) is 1. The maximum absolute atomic E-state index is 13.9. The Kier molecular flexibility index (Phi) is 5.36. The van der Waals surface area contributed by atoms with Gasteiger partial charge in [-0.1, -0.05) is 30.3 Å². The van der Waals surface area contributed by atoms with Crippen LogP contribution in [0.3, 0.4) is 0 Å². The zero-order valence-electron chi connectivity index (χ0n) is 12.1. The standard InChI is InChI=1S/C17H16F2N2O/c1-12(22)20-21-17(10-7-13-5-3-2-4-6-13)15-11-14(18)8-9-16(15)19/h2-6,8-9,11H,7,10H2,1H3,(H,20,22)/b21-17+. The van der Waals surface area contributed by atoms with E-state index in [0.717, 1.165) is 23.8 Å². The molecule has 0 aliphatic heterocycles. The first kappa shape index (κ1) is 15.8. The molecule has 3 nitrogen and oxygen atoms in total. The second-order valence-corrected chi connectivity index (χ2v) is 4.84. The number of halogens is 2. The van der Waals surface area contributed by atoms with Crippen molar-refractivity contribution < 1.29 is 13.6 Å². The lowest BCUT2D eigenvalue weighted by molar-refractivity contribution is -0.118. The van der Waals surface area contributed by atoms with Crippen molar-refractivity contribution >= 4 is 11.6 Å². The molecule has 1 N–H and O–H groups in total. The first-order valence-corrected chi connectivity index (χ1v) is 6.89. The Morgan fingerprint density at radius 2 is 1.86 bits per heavy atom. The van der Waals surface area contributed by atoms with Gasteiger partial charge in [-0.2, -0.15) is 5.10 Å². The number of amides is 1. The van der Waals surface area contributed by atoms with Crippen LogP contribution >= 0.6 is 0 Å². The number of nitrogens with zero attached hydrogens (tertiary/aromatic N) is 1. The fraction of sp³-hybridized carbons (Fsp3) is 0.176. The number of aryl methyl sites for hydroxylation is 1. The van der Waals surface area contributed by atoms with Crippen molar-refractivity contribution in [2.24, 2.45) is 5.10 Å². The fourth-order valence-electron chi connectivity index (χ4n) is 2.02. The Balaban J connectivity index is 2.24. The third-order valence-corrected chi connectivity index (χ3v) is 3.08. The van der Waals surface area contributed by atoms with Crippen LogP contribution in [0.5, 0.6) is 0 Å². The summed E-state index contributed by atoms with van der Waals surface area (Å²) in [6, 6.07) is 12.8. The molecule has 114 valence electrons. The molecule has 0 atom stereocenters. The van der Waals surface area contributed by atoms with E-state index in [1.807, 2.05) is 30.3 Å². The molecule has 0 fully saturated rings. The molecule has 0 saturated heterocycles. The van der Waals surface area contributed by atoms with E-state index >= 15 is 0 Å². The van der Waals surface area contributed by atoms with E-state index in [0.29, 0.717) is 18.6 Å². The van der Waals surface area contributed by atoms with E-state index in [9.17, 15) is 13.6 Å². The minimum atomic E-state index is -0.571. The summed E-state index contributed by atoms with van der Waals surface area (Å²) in [5, 5.41) is 3.92. The molecule has 0 saturated carbocycles. The number of carbonyl (C=O) groups is 1. The van der Waals surface area contributed by atoms with Crippen molar-refractivity contribution in [1.29, 1.82) is 0 Å². The van der Waals surface area contributed by atoms with Gasteiger partial charge in [-0.3, -0.25) is 4.79 Å². The van der Waals surface area contributed by atoms with Crippen LogP contribution in [0.1, 0.15) is 24.5 Å². The normalized spacial score (nSPS) is 11.3. The monoisotopic (exact) mass is 302 g/mol. The number of benzene rings is 2. The average molecular weight is 302 g/mol. The molecule has 0 aromatic heterocycles. The highest BCUT2D eigenvalue weighted by Crippen LogP contribution is 2.15. The molecule has 2 aromatic rings. The topological polar surface area (TPSA) is 41.5 Å². The van der Waals surface area contributed by atoms with Gasteiger partial charge in [-0.25, -0.2) is 14.2 Å². The Labute approximate surface area is 127 Å². The minimum absolute atomic E-state index is 0.0599. The average Bonchev–Trinajstić information content (AvgIpc) is 2.51. The van der Waals surface area contributed by atoms with Gasteiger partial charge in [0.2, 0.25) is 5.91 Å². The molecule has 0 spiro atoms. The van der Waals surface area contributed by atoms with Crippen LogP contribution in [-0.4, -0.2) is 11.6 Å². The molecule has 0 unspecified atom stereocenters. The van der Waals surface area contributed by atoms with Crippen LogP contribution in [0.25, 0.3) is 0 Å². The molecule has 0 aliphatic rings. The number of hydrogen-bond acceptors (Lipinski definition) is 2. The molecular formula is C17H16F2N2O. The largest absolute Gasteiger partial charge is 0.274 e. The first-order chi connectivity index (χ1) is 10.6. The summed E-state index contributed by atoms with van der Waals surface area (Å²) in [6.45, 7) is 1.31. The van der Waals surface area contributed by atoms with E-state index in [1.165, 1.54) is 6.92 Å². The molecule has 0 bridgehead atoms. The van der Waals surface area contributed by atoms with Crippen LogP contribution in [0.2, 0.25) is 0 Å². The van der Waals surface area contributed by atoms with Crippen LogP contribution in [0.4, 0.5) is 8.78 Å². The Bertz CT molecular complexity index is 684. The molecule has 0 radical (unpaired) electrons. The Hall–Kier alpha value is -2.56. The van der Waals surface area contributed by atoms with E-state index in [2.05, 4.69) is 10.5 Å². The second kappa shape index (κ2) is 7.45. The zero-order valence-corrected chi connectivity index (χ0v) is 12.1. The van der Waals surface area contributed by atoms with E-state index in [-0.39, 0.29) is 11.5 Å². The van der Waals surface area contributed by atoms with Gasteiger partial charge in [0.15, 0.2) is 0 Å². The quantitative estimate of drug-likeness (QED) is 0.667. The SMILES string of the molecule is CC(=O)N/N=C(\CCc1ccccc1)c1cc(F)ccc1F. The molecule has 0 heterocycles. The van der Waals surface area contributed by atoms with Crippen LogP contribution in [-0.2, 0) is 11.2 Å². The third-order valence-electron chi connectivity index (χ3n) is 3.08.